The molecular formula is C28H31ClO10. The van der Waals surface area contributed by atoms with Crippen LogP contribution < -0.4 is 4.74 Å². The fourth-order valence-electron chi connectivity index (χ4n) is 4.30. The second-order valence-electron chi connectivity index (χ2n) is 8.86. The molecule has 1 heterocycles. The minimum atomic E-state index is -1.46. The SMILES string of the molecule is CCOc1ccc(Cc2cc(C3OC(OC(C)=O)C(OC(C)=O)[C@H](OC(C)=O)C3OC(C)=O)ccc2Cl)cc1. The molecule has 4 unspecified atom stereocenters. The van der Waals surface area contributed by atoms with Crippen molar-refractivity contribution < 1.29 is 47.6 Å². The number of carbonyl (C=O) groups is 4. The Kier molecular flexibility index (Phi) is 10.3. The van der Waals surface area contributed by atoms with Crippen molar-refractivity contribution in [2.45, 2.75) is 71.7 Å². The van der Waals surface area contributed by atoms with Crippen LogP contribution in [0.15, 0.2) is 42.5 Å². The third-order valence-electron chi connectivity index (χ3n) is 5.71. The zero-order valence-electron chi connectivity index (χ0n) is 22.3. The van der Waals surface area contributed by atoms with Gasteiger partial charge in [0, 0.05) is 32.7 Å². The molecule has 2 aromatic rings. The van der Waals surface area contributed by atoms with Crippen molar-refractivity contribution in [3.8, 4) is 5.75 Å². The van der Waals surface area contributed by atoms with Gasteiger partial charge in [-0.05, 0) is 48.2 Å². The van der Waals surface area contributed by atoms with E-state index in [0.29, 0.717) is 23.6 Å². The molecule has 5 atom stereocenters. The highest BCUT2D eigenvalue weighted by Crippen LogP contribution is 2.39. The molecule has 2 aromatic carbocycles. The van der Waals surface area contributed by atoms with Gasteiger partial charge in [0.05, 0.1) is 6.61 Å². The molecule has 11 heteroatoms. The molecule has 3 rings (SSSR count). The molecule has 0 radical (unpaired) electrons. The predicted molar refractivity (Wildman–Crippen MR) is 138 cm³/mol. The van der Waals surface area contributed by atoms with Crippen molar-refractivity contribution >= 4 is 35.5 Å². The molecule has 0 bridgehead atoms. The summed E-state index contributed by atoms with van der Waals surface area (Å²) in [5.41, 5.74) is 2.20. The van der Waals surface area contributed by atoms with Crippen LogP contribution in [0.5, 0.6) is 5.75 Å². The van der Waals surface area contributed by atoms with Crippen LogP contribution in [0.1, 0.15) is 57.4 Å². The summed E-state index contributed by atoms with van der Waals surface area (Å²) in [6.07, 6.45) is -6.07. The van der Waals surface area contributed by atoms with Gasteiger partial charge in [0.15, 0.2) is 12.2 Å². The summed E-state index contributed by atoms with van der Waals surface area (Å²) >= 11 is 6.52. The molecule has 0 saturated carbocycles. The largest absolute Gasteiger partial charge is 0.494 e. The summed E-state index contributed by atoms with van der Waals surface area (Å²) in [5.74, 6) is -2.15. The first kappa shape index (κ1) is 29.9. The van der Waals surface area contributed by atoms with Gasteiger partial charge in [0.2, 0.25) is 12.4 Å². The highest BCUT2D eigenvalue weighted by molar-refractivity contribution is 6.31. The maximum absolute atomic E-state index is 12.1. The highest BCUT2D eigenvalue weighted by Gasteiger charge is 2.53. The first-order valence-corrected chi connectivity index (χ1v) is 12.7. The Morgan fingerprint density at radius 1 is 0.769 bits per heavy atom. The summed E-state index contributed by atoms with van der Waals surface area (Å²) in [6, 6.07) is 12.7. The first-order chi connectivity index (χ1) is 18.5. The van der Waals surface area contributed by atoms with Crippen molar-refractivity contribution in [3.63, 3.8) is 0 Å². The first-order valence-electron chi connectivity index (χ1n) is 12.3. The Bertz CT molecular complexity index is 1200. The third-order valence-corrected chi connectivity index (χ3v) is 6.08. The lowest BCUT2D eigenvalue weighted by molar-refractivity contribution is -0.298. The number of halogens is 1. The van der Waals surface area contributed by atoms with E-state index in [4.69, 9.17) is 40.0 Å². The summed E-state index contributed by atoms with van der Waals surface area (Å²) in [5, 5.41) is 0.485. The highest BCUT2D eigenvalue weighted by atomic mass is 35.5. The second-order valence-corrected chi connectivity index (χ2v) is 9.27. The van der Waals surface area contributed by atoms with Gasteiger partial charge in [0.25, 0.3) is 0 Å². The van der Waals surface area contributed by atoms with Gasteiger partial charge in [-0.2, -0.15) is 0 Å². The number of rotatable bonds is 9. The molecule has 0 spiro atoms. The molecule has 0 aromatic heterocycles. The van der Waals surface area contributed by atoms with Crippen LogP contribution in [0.3, 0.4) is 0 Å². The minimum Gasteiger partial charge on any atom is -0.494 e. The van der Waals surface area contributed by atoms with Gasteiger partial charge in [-0.25, -0.2) is 0 Å². The number of benzene rings is 2. The topological polar surface area (TPSA) is 124 Å². The van der Waals surface area contributed by atoms with Crippen LogP contribution in [0.25, 0.3) is 0 Å². The summed E-state index contributed by atoms with van der Waals surface area (Å²) in [4.78, 5) is 47.9. The van der Waals surface area contributed by atoms with Crippen LogP contribution in [-0.2, 0) is 49.3 Å². The molecule has 1 saturated heterocycles. The summed E-state index contributed by atoms with van der Waals surface area (Å²) < 4.78 is 33.2. The van der Waals surface area contributed by atoms with Crippen LogP contribution in [0.2, 0.25) is 5.02 Å². The smallest absolute Gasteiger partial charge is 0.305 e. The molecule has 0 aliphatic carbocycles. The van der Waals surface area contributed by atoms with Crippen molar-refractivity contribution in [2.24, 2.45) is 0 Å². The molecule has 0 N–H and O–H groups in total. The van der Waals surface area contributed by atoms with Gasteiger partial charge in [-0.3, -0.25) is 19.2 Å². The minimum absolute atomic E-state index is 0.459. The zero-order chi connectivity index (χ0) is 28.7. The van der Waals surface area contributed by atoms with Gasteiger partial charge in [-0.15, -0.1) is 0 Å². The van der Waals surface area contributed by atoms with Crippen molar-refractivity contribution in [1.82, 2.24) is 0 Å². The van der Waals surface area contributed by atoms with E-state index in [1.54, 1.807) is 18.2 Å². The fourth-order valence-corrected chi connectivity index (χ4v) is 4.48. The number of carbonyl (C=O) groups excluding carboxylic acids is 4. The molecule has 0 amide bonds. The van der Waals surface area contributed by atoms with E-state index in [1.807, 2.05) is 31.2 Å². The molecule has 39 heavy (non-hydrogen) atoms. The second kappa shape index (κ2) is 13.4. The summed E-state index contributed by atoms with van der Waals surface area (Å²) in [6.45, 7) is 7.08. The number of esters is 4. The lowest BCUT2D eigenvalue weighted by Gasteiger charge is -2.44. The zero-order valence-corrected chi connectivity index (χ0v) is 23.1. The molecule has 10 nitrogen and oxygen atoms in total. The Balaban J connectivity index is 2.03. The fraction of sp³-hybridized carbons (Fsp3) is 0.429. The number of hydrogen-bond acceptors (Lipinski definition) is 10. The van der Waals surface area contributed by atoms with Gasteiger partial charge >= 0.3 is 23.9 Å². The molecule has 1 aliphatic heterocycles. The molecule has 1 aliphatic rings. The number of ether oxygens (including phenoxy) is 6. The quantitative estimate of drug-likeness (QED) is 0.326. The average Bonchev–Trinajstić information content (AvgIpc) is 2.84. The van der Waals surface area contributed by atoms with Gasteiger partial charge < -0.3 is 28.4 Å². The Labute approximate surface area is 231 Å². The predicted octanol–water partition coefficient (Wildman–Crippen LogP) is 4.09. The maximum Gasteiger partial charge on any atom is 0.305 e. The van der Waals surface area contributed by atoms with Crippen molar-refractivity contribution in [3.05, 3.63) is 64.2 Å². The van der Waals surface area contributed by atoms with Gasteiger partial charge in [0.1, 0.15) is 11.9 Å². The Hall–Kier alpha value is -3.63. The normalized spacial score (nSPS) is 22.4. The molecule has 1 fully saturated rings. The van der Waals surface area contributed by atoms with Crippen molar-refractivity contribution in [2.75, 3.05) is 6.61 Å². The van der Waals surface area contributed by atoms with Crippen molar-refractivity contribution in [1.29, 1.82) is 0 Å². The lowest BCUT2D eigenvalue weighted by Crippen LogP contribution is -2.59. The van der Waals surface area contributed by atoms with E-state index >= 15 is 0 Å². The van der Waals surface area contributed by atoms with E-state index in [1.165, 1.54) is 6.92 Å². The van der Waals surface area contributed by atoms with E-state index in [9.17, 15) is 19.2 Å². The van der Waals surface area contributed by atoms with Gasteiger partial charge in [-0.1, -0.05) is 35.9 Å². The standard InChI is InChI=1S/C28H31ClO10/c1-6-34-22-10-7-19(8-11-22)13-21-14-20(9-12-23(21)29)24-25(35-15(2)30)26(36-16(3)31)27(37-17(4)32)28(39-24)38-18(5)33/h7-12,14,24-28H,6,13H2,1-5H3/t24?,25?,26-,27?,28?/m1/s1. The monoisotopic (exact) mass is 562 g/mol. The molecular weight excluding hydrogens is 532 g/mol. The Morgan fingerprint density at radius 2 is 1.33 bits per heavy atom. The van der Waals surface area contributed by atoms with E-state index < -0.39 is 54.6 Å². The van der Waals surface area contributed by atoms with E-state index in [-0.39, 0.29) is 0 Å². The van der Waals surface area contributed by atoms with Crippen LogP contribution in [0.4, 0.5) is 0 Å². The summed E-state index contributed by atoms with van der Waals surface area (Å²) in [7, 11) is 0. The van der Waals surface area contributed by atoms with Crippen LogP contribution in [-0.4, -0.2) is 55.1 Å². The third kappa shape index (κ3) is 8.18. The maximum atomic E-state index is 12.1. The number of hydrogen-bond donors (Lipinski definition) is 0. The Morgan fingerprint density at radius 3 is 1.90 bits per heavy atom. The van der Waals surface area contributed by atoms with E-state index in [2.05, 4.69) is 0 Å². The van der Waals surface area contributed by atoms with Crippen LogP contribution in [0, 0.1) is 0 Å². The lowest BCUT2D eigenvalue weighted by atomic mass is 9.91. The van der Waals surface area contributed by atoms with E-state index in [0.717, 1.165) is 37.6 Å². The average molecular weight is 563 g/mol. The van der Waals surface area contributed by atoms with Crippen LogP contribution >= 0.6 is 11.6 Å². The molecule has 210 valence electrons.